The molecule has 0 unspecified atom stereocenters. The third-order valence-corrected chi connectivity index (χ3v) is 5.50. The van der Waals surface area contributed by atoms with Crippen LogP contribution in [0.4, 0.5) is 0 Å². The molecule has 0 spiro atoms. The van der Waals surface area contributed by atoms with E-state index in [0.717, 1.165) is 24.5 Å². The third-order valence-electron chi connectivity index (χ3n) is 4.22. The fourth-order valence-electron chi connectivity index (χ4n) is 3.05. The third kappa shape index (κ3) is 3.49. The molecule has 1 N–H and O–H groups in total. The van der Waals surface area contributed by atoms with Crippen LogP contribution in [0.2, 0.25) is 0 Å². The lowest BCUT2D eigenvalue weighted by atomic mass is 9.97. The van der Waals surface area contributed by atoms with Gasteiger partial charge in [-0.1, -0.05) is 19.0 Å². The first-order valence-electron chi connectivity index (χ1n) is 8.14. The van der Waals surface area contributed by atoms with E-state index in [9.17, 15) is 4.79 Å². The minimum Gasteiger partial charge on any atom is -0.342 e. The van der Waals surface area contributed by atoms with E-state index < -0.39 is 5.54 Å². The lowest BCUT2D eigenvalue weighted by Crippen LogP contribution is -2.47. The van der Waals surface area contributed by atoms with Gasteiger partial charge >= 0.3 is 0 Å². The summed E-state index contributed by atoms with van der Waals surface area (Å²) in [7, 11) is 0. The molecule has 24 heavy (non-hydrogen) atoms. The van der Waals surface area contributed by atoms with Crippen LogP contribution in [0.5, 0.6) is 0 Å². The molecule has 1 aliphatic heterocycles. The minimum absolute atomic E-state index is 0.0874. The summed E-state index contributed by atoms with van der Waals surface area (Å²) in [5, 5.41) is 8.19. The summed E-state index contributed by atoms with van der Waals surface area (Å²) < 4.78 is 5.13. The molecule has 0 bridgehead atoms. The highest BCUT2D eigenvalue weighted by Gasteiger charge is 2.44. The number of aromatic nitrogens is 3. The van der Waals surface area contributed by atoms with Gasteiger partial charge in [0, 0.05) is 38.0 Å². The van der Waals surface area contributed by atoms with Gasteiger partial charge in [-0.05, 0) is 12.3 Å². The zero-order valence-electron chi connectivity index (χ0n) is 14.5. The van der Waals surface area contributed by atoms with Gasteiger partial charge in [-0.15, -0.1) is 11.3 Å². The molecule has 3 rings (SSSR count). The minimum atomic E-state index is -0.582. The van der Waals surface area contributed by atoms with Crippen molar-refractivity contribution >= 4 is 17.2 Å². The van der Waals surface area contributed by atoms with Crippen LogP contribution in [0.25, 0.3) is 0 Å². The molecule has 1 amide bonds. The molecular formula is C16H23N5O2S. The van der Waals surface area contributed by atoms with Gasteiger partial charge in [0.15, 0.2) is 5.82 Å². The number of carbonyl (C=O) groups is 1. The van der Waals surface area contributed by atoms with Crippen LogP contribution in [0.1, 0.15) is 54.7 Å². The maximum atomic E-state index is 11.7. The molecule has 1 atom stereocenters. The Kier molecular flexibility index (Phi) is 4.69. The van der Waals surface area contributed by atoms with Crippen molar-refractivity contribution in [2.45, 2.75) is 52.1 Å². The highest BCUT2D eigenvalue weighted by atomic mass is 32.1. The normalized spacial score (nSPS) is 21.5. The molecule has 3 heterocycles. The van der Waals surface area contributed by atoms with Crippen LogP contribution in [-0.2, 0) is 16.9 Å². The Morgan fingerprint density at radius 3 is 2.92 bits per heavy atom. The maximum absolute atomic E-state index is 11.7. The Hall–Kier alpha value is -1.80. The molecule has 1 aliphatic rings. The Labute approximate surface area is 145 Å². The number of rotatable bonds is 5. The van der Waals surface area contributed by atoms with Crippen LogP contribution in [-0.4, -0.2) is 39.0 Å². The molecule has 1 saturated heterocycles. The molecule has 130 valence electrons. The quantitative estimate of drug-likeness (QED) is 0.891. The molecule has 7 nitrogen and oxygen atoms in total. The number of nitrogens with one attached hydrogen (secondary N) is 1. The van der Waals surface area contributed by atoms with Crippen LogP contribution in [0.15, 0.2) is 10.7 Å². The number of hydrogen-bond acceptors (Lipinski definition) is 7. The van der Waals surface area contributed by atoms with E-state index in [1.54, 1.807) is 18.3 Å². The van der Waals surface area contributed by atoms with Crippen molar-refractivity contribution in [1.82, 2.24) is 25.3 Å². The fraction of sp³-hybridized carbons (Fsp3) is 0.625. The van der Waals surface area contributed by atoms with Crippen LogP contribution in [0, 0.1) is 6.92 Å². The van der Waals surface area contributed by atoms with E-state index in [1.165, 1.54) is 11.8 Å². The predicted octanol–water partition coefficient (Wildman–Crippen LogP) is 2.20. The summed E-state index contributed by atoms with van der Waals surface area (Å²) in [6, 6.07) is 0. The first-order chi connectivity index (χ1) is 11.4. The molecule has 0 radical (unpaired) electrons. The second kappa shape index (κ2) is 6.60. The number of nitrogens with zero attached hydrogens (tertiary/aromatic N) is 4. The highest BCUT2D eigenvalue weighted by molar-refractivity contribution is 7.11. The average molecular weight is 349 g/mol. The van der Waals surface area contributed by atoms with Gasteiger partial charge in [-0.3, -0.25) is 9.69 Å². The number of thiazole rings is 1. The molecule has 0 aromatic carbocycles. The lowest BCUT2D eigenvalue weighted by Gasteiger charge is -2.26. The first-order valence-corrected chi connectivity index (χ1v) is 8.96. The van der Waals surface area contributed by atoms with Crippen molar-refractivity contribution in [2.24, 2.45) is 0 Å². The van der Waals surface area contributed by atoms with Gasteiger partial charge < -0.3 is 9.84 Å². The van der Waals surface area contributed by atoms with Crippen LogP contribution < -0.4 is 5.32 Å². The molecule has 8 heteroatoms. The van der Waals surface area contributed by atoms with Gasteiger partial charge in [0.05, 0.1) is 6.54 Å². The fourth-order valence-corrected chi connectivity index (χ4v) is 4.02. The maximum Gasteiger partial charge on any atom is 0.223 e. The standard InChI is InChI=1S/C16H23N5O2S/c1-10(2)13-7-17-14(24-13)8-21-6-5-16(9-21,19-11(3)22)15-18-12(4)23-20-15/h7,10H,5-6,8-9H2,1-4H3,(H,19,22)/t16-/m1/s1. The molecule has 0 aliphatic carbocycles. The summed E-state index contributed by atoms with van der Waals surface area (Å²) in [6.45, 7) is 9.91. The summed E-state index contributed by atoms with van der Waals surface area (Å²) >= 11 is 1.75. The highest BCUT2D eigenvalue weighted by Crippen LogP contribution is 2.32. The van der Waals surface area contributed by atoms with Gasteiger partial charge in [0.1, 0.15) is 10.5 Å². The summed E-state index contributed by atoms with van der Waals surface area (Å²) in [6.07, 6.45) is 2.72. The zero-order valence-corrected chi connectivity index (χ0v) is 15.3. The van der Waals surface area contributed by atoms with E-state index in [-0.39, 0.29) is 5.91 Å². The van der Waals surface area contributed by atoms with Gasteiger partial charge in [0.2, 0.25) is 11.8 Å². The Bertz CT molecular complexity index is 726. The first kappa shape index (κ1) is 17.0. The number of likely N-dealkylation sites (tertiary alicyclic amines) is 1. The zero-order chi connectivity index (χ0) is 17.3. The monoisotopic (exact) mass is 349 g/mol. The number of aryl methyl sites for hydroxylation is 1. The molecule has 1 fully saturated rings. The SMILES string of the molecule is CC(=O)N[C@]1(c2noc(C)n2)CCN(Cc2ncc(C(C)C)s2)C1. The Morgan fingerprint density at radius 1 is 1.54 bits per heavy atom. The smallest absolute Gasteiger partial charge is 0.223 e. The summed E-state index contributed by atoms with van der Waals surface area (Å²) in [5.41, 5.74) is -0.582. The summed E-state index contributed by atoms with van der Waals surface area (Å²) in [4.78, 5) is 24.2. The van der Waals surface area contributed by atoms with E-state index in [2.05, 4.69) is 39.2 Å². The molecular weight excluding hydrogens is 326 g/mol. The van der Waals surface area contributed by atoms with Crippen molar-refractivity contribution < 1.29 is 9.32 Å². The summed E-state index contributed by atoms with van der Waals surface area (Å²) in [5.74, 6) is 1.47. The number of amides is 1. The molecule has 0 saturated carbocycles. The van der Waals surface area contributed by atoms with E-state index in [4.69, 9.17) is 4.52 Å². The van der Waals surface area contributed by atoms with E-state index in [0.29, 0.717) is 24.2 Å². The number of carbonyl (C=O) groups excluding carboxylic acids is 1. The lowest BCUT2D eigenvalue weighted by molar-refractivity contribution is -0.121. The molecule has 2 aromatic heterocycles. The van der Waals surface area contributed by atoms with Crippen LogP contribution >= 0.6 is 11.3 Å². The second-order valence-corrected chi connectivity index (χ2v) is 7.82. The number of hydrogen-bond donors (Lipinski definition) is 1. The van der Waals surface area contributed by atoms with Gasteiger partial charge in [-0.25, -0.2) is 4.98 Å². The van der Waals surface area contributed by atoms with E-state index in [1.807, 2.05) is 6.20 Å². The average Bonchev–Trinajstić information content (AvgIpc) is 3.20. The molecule has 2 aromatic rings. The van der Waals surface area contributed by atoms with Crippen molar-refractivity contribution in [1.29, 1.82) is 0 Å². The predicted molar refractivity (Wildman–Crippen MR) is 90.6 cm³/mol. The second-order valence-electron chi connectivity index (χ2n) is 6.67. The van der Waals surface area contributed by atoms with Crippen LogP contribution in [0.3, 0.4) is 0 Å². The van der Waals surface area contributed by atoms with Crippen molar-refractivity contribution in [3.8, 4) is 0 Å². The van der Waals surface area contributed by atoms with E-state index >= 15 is 0 Å². The van der Waals surface area contributed by atoms with Crippen molar-refractivity contribution in [3.05, 3.63) is 27.8 Å². The largest absolute Gasteiger partial charge is 0.342 e. The van der Waals surface area contributed by atoms with Crippen molar-refractivity contribution in [2.75, 3.05) is 13.1 Å². The van der Waals surface area contributed by atoms with Gasteiger partial charge in [-0.2, -0.15) is 4.98 Å². The Morgan fingerprint density at radius 2 is 2.33 bits per heavy atom. The van der Waals surface area contributed by atoms with Crippen molar-refractivity contribution in [3.63, 3.8) is 0 Å². The topological polar surface area (TPSA) is 84.2 Å². The Balaban J connectivity index is 1.75. The van der Waals surface area contributed by atoms with Gasteiger partial charge in [0.25, 0.3) is 0 Å².